The number of hydrogen-bond acceptors (Lipinski definition) is 2. The summed E-state index contributed by atoms with van der Waals surface area (Å²) in [4.78, 5) is 0. The van der Waals surface area contributed by atoms with E-state index in [4.69, 9.17) is 10.5 Å². The van der Waals surface area contributed by atoms with Gasteiger partial charge >= 0.3 is 0 Å². The van der Waals surface area contributed by atoms with E-state index in [1.54, 1.807) is 0 Å². The molecule has 1 aliphatic heterocycles. The molecular formula is C22H25NO. The molecule has 2 unspecified atom stereocenters. The van der Waals surface area contributed by atoms with E-state index in [9.17, 15) is 0 Å². The van der Waals surface area contributed by atoms with Gasteiger partial charge in [-0.3, -0.25) is 0 Å². The molecule has 1 aliphatic carbocycles. The minimum Gasteiger partial charge on any atom is -0.358 e. The molecule has 0 saturated heterocycles. The van der Waals surface area contributed by atoms with Gasteiger partial charge in [-0.1, -0.05) is 61.0 Å². The highest BCUT2D eigenvalue weighted by molar-refractivity contribution is 5.81. The lowest BCUT2D eigenvalue weighted by atomic mass is 9.79. The van der Waals surface area contributed by atoms with Crippen molar-refractivity contribution >= 4 is 0 Å². The Morgan fingerprint density at radius 1 is 1.00 bits per heavy atom. The Morgan fingerprint density at radius 2 is 1.58 bits per heavy atom. The van der Waals surface area contributed by atoms with E-state index in [-0.39, 0.29) is 6.10 Å². The fourth-order valence-electron chi connectivity index (χ4n) is 4.55. The number of fused-ring (bicyclic) bond motifs is 5. The molecule has 124 valence electrons. The third-order valence-corrected chi connectivity index (χ3v) is 5.63. The Kier molecular flexibility index (Phi) is 3.82. The van der Waals surface area contributed by atoms with E-state index in [1.165, 1.54) is 27.8 Å². The molecule has 2 atom stereocenters. The van der Waals surface area contributed by atoms with Gasteiger partial charge in [0, 0.05) is 17.0 Å². The first-order valence-electron chi connectivity index (χ1n) is 8.98. The quantitative estimate of drug-likeness (QED) is 0.837. The average Bonchev–Trinajstić information content (AvgIpc) is 2.88. The second-order valence-corrected chi connectivity index (χ2v) is 6.96. The largest absolute Gasteiger partial charge is 0.358 e. The Hall–Kier alpha value is -1.90. The zero-order chi connectivity index (χ0) is 16.7. The lowest BCUT2D eigenvalue weighted by molar-refractivity contribution is -0.0766. The summed E-state index contributed by atoms with van der Waals surface area (Å²) in [6.07, 6.45) is 4.55. The van der Waals surface area contributed by atoms with Gasteiger partial charge in [0.2, 0.25) is 0 Å². The van der Waals surface area contributed by atoms with Crippen LogP contribution in [0.4, 0.5) is 0 Å². The normalized spacial score (nSPS) is 23.7. The first-order valence-corrected chi connectivity index (χ1v) is 8.98. The van der Waals surface area contributed by atoms with Crippen molar-refractivity contribution in [1.29, 1.82) is 0 Å². The summed E-state index contributed by atoms with van der Waals surface area (Å²) in [5.74, 6) is 0.422. The molecule has 1 spiro atoms. The monoisotopic (exact) mass is 319 g/mol. The van der Waals surface area contributed by atoms with Gasteiger partial charge in [-0.25, -0.2) is 0 Å². The van der Waals surface area contributed by atoms with Gasteiger partial charge < -0.3 is 10.5 Å². The summed E-state index contributed by atoms with van der Waals surface area (Å²) < 4.78 is 6.84. The summed E-state index contributed by atoms with van der Waals surface area (Å²) in [6.45, 7) is 5.17. The smallest absolute Gasteiger partial charge is 0.138 e. The number of nitrogens with two attached hydrogens (primary N) is 1. The molecule has 2 nitrogen and oxygen atoms in total. The van der Waals surface area contributed by atoms with E-state index >= 15 is 0 Å². The molecule has 0 aromatic heterocycles. The standard InChI is InChI=1S/C22H25NO/c1-3-21-16(12-13-23)15(2)14-22(24-21)19-10-6-4-8-17(19)18-9-5-7-11-20(18)22/h4-11,14,16,21H,3,12-13,23H2,1-2H3. The topological polar surface area (TPSA) is 35.2 Å². The first kappa shape index (κ1) is 15.6. The predicted molar refractivity (Wildman–Crippen MR) is 98.7 cm³/mol. The van der Waals surface area contributed by atoms with Crippen molar-refractivity contribution in [1.82, 2.24) is 0 Å². The first-order chi connectivity index (χ1) is 11.7. The van der Waals surface area contributed by atoms with E-state index < -0.39 is 5.60 Å². The Bertz CT molecular complexity index is 747. The van der Waals surface area contributed by atoms with Crippen LogP contribution >= 0.6 is 0 Å². The van der Waals surface area contributed by atoms with Gasteiger partial charge in [-0.15, -0.1) is 0 Å². The molecule has 0 amide bonds. The van der Waals surface area contributed by atoms with Crippen LogP contribution in [0, 0.1) is 5.92 Å². The van der Waals surface area contributed by atoms with Crippen LogP contribution < -0.4 is 5.73 Å². The molecule has 2 aliphatic rings. The van der Waals surface area contributed by atoms with Crippen molar-refractivity contribution < 1.29 is 4.74 Å². The highest BCUT2D eigenvalue weighted by Gasteiger charge is 2.47. The van der Waals surface area contributed by atoms with Crippen molar-refractivity contribution in [3.63, 3.8) is 0 Å². The fourth-order valence-corrected chi connectivity index (χ4v) is 4.55. The summed E-state index contributed by atoms with van der Waals surface area (Å²) in [7, 11) is 0. The van der Waals surface area contributed by atoms with Crippen molar-refractivity contribution in [3.05, 3.63) is 71.3 Å². The third kappa shape index (κ3) is 2.10. The van der Waals surface area contributed by atoms with Crippen molar-refractivity contribution in [2.45, 2.75) is 38.4 Å². The van der Waals surface area contributed by atoms with Crippen LogP contribution in [0.2, 0.25) is 0 Å². The summed E-state index contributed by atoms with van der Waals surface area (Å²) in [6, 6.07) is 17.3. The maximum Gasteiger partial charge on any atom is 0.138 e. The minimum absolute atomic E-state index is 0.206. The van der Waals surface area contributed by atoms with Gasteiger partial charge in [-0.05, 0) is 43.5 Å². The number of hydrogen-bond donors (Lipinski definition) is 1. The van der Waals surface area contributed by atoms with E-state index in [2.05, 4.69) is 68.5 Å². The molecule has 0 saturated carbocycles. The SMILES string of the molecule is CCC1OC2(C=C(C)C1CCN)c1ccccc1-c1ccccc12. The molecule has 0 fully saturated rings. The lowest BCUT2D eigenvalue weighted by Gasteiger charge is -2.42. The summed E-state index contributed by atoms with van der Waals surface area (Å²) in [5.41, 5.74) is 12.0. The molecule has 2 aromatic rings. The number of benzene rings is 2. The Balaban J connectivity index is 1.94. The fraction of sp³-hybridized carbons (Fsp3) is 0.364. The maximum absolute atomic E-state index is 6.84. The second kappa shape index (κ2) is 5.87. The van der Waals surface area contributed by atoms with E-state index in [0.29, 0.717) is 12.5 Å². The Labute approximate surface area is 144 Å². The van der Waals surface area contributed by atoms with Crippen LogP contribution in [0.1, 0.15) is 37.8 Å². The highest BCUT2D eigenvalue weighted by Crippen LogP contribution is 2.54. The van der Waals surface area contributed by atoms with Crippen molar-refractivity contribution in [3.8, 4) is 11.1 Å². The van der Waals surface area contributed by atoms with E-state index in [0.717, 1.165) is 12.8 Å². The van der Waals surface area contributed by atoms with E-state index in [1.807, 2.05) is 0 Å². The molecule has 1 heterocycles. The summed E-state index contributed by atoms with van der Waals surface area (Å²) >= 11 is 0. The molecule has 2 aromatic carbocycles. The lowest BCUT2D eigenvalue weighted by Crippen LogP contribution is -2.41. The average molecular weight is 319 g/mol. The van der Waals surface area contributed by atoms with Gasteiger partial charge in [-0.2, -0.15) is 0 Å². The van der Waals surface area contributed by atoms with Crippen LogP contribution in [0.5, 0.6) is 0 Å². The molecule has 2 heteroatoms. The zero-order valence-electron chi connectivity index (χ0n) is 14.5. The van der Waals surface area contributed by atoms with Gasteiger partial charge in [0.05, 0.1) is 6.10 Å². The second-order valence-electron chi connectivity index (χ2n) is 6.96. The van der Waals surface area contributed by atoms with Crippen LogP contribution in [-0.4, -0.2) is 12.6 Å². The van der Waals surface area contributed by atoms with Crippen LogP contribution in [0.25, 0.3) is 11.1 Å². The predicted octanol–water partition coefficient (Wildman–Crippen LogP) is 4.63. The van der Waals surface area contributed by atoms with Crippen LogP contribution in [0.3, 0.4) is 0 Å². The molecule has 0 radical (unpaired) electrons. The van der Waals surface area contributed by atoms with Crippen molar-refractivity contribution in [2.75, 3.05) is 6.54 Å². The minimum atomic E-state index is -0.441. The highest BCUT2D eigenvalue weighted by atomic mass is 16.5. The molecule has 24 heavy (non-hydrogen) atoms. The number of rotatable bonds is 3. The molecule has 0 bridgehead atoms. The summed E-state index contributed by atoms with van der Waals surface area (Å²) in [5, 5.41) is 0. The number of ether oxygens (including phenoxy) is 1. The maximum atomic E-state index is 6.84. The van der Waals surface area contributed by atoms with Crippen molar-refractivity contribution in [2.24, 2.45) is 11.7 Å². The Morgan fingerprint density at radius 3 is 2.12 bits per heavy atom. The van der Waals surface area contributed by atoms with Crippen LogP contribution in [-0.2, 0) is 10.3 Å². The van der Waals surface area contributed by atoms with Gasteiger partial charge in [0.25, 0.3) is 0 Å². The van der Waals surface area contributed by atoms with Crippen LogP contribution in [0.15, 0.2) is 60.2 Å². The molecule has 2 N–H and O–H groups in total. The molecular weight excluding hydrogens is 294 g/mol. The zero-order valence-corrected chi connectivity index (χ0v) is 14.5. The van der Waals surface area contributed by atoms with Gasteiger partial charge in [0.15, 0.2) is 0 Å². The molecule has 4 rings (SSSR count). The third-order valence-electron chi connectivity index (χ3n) is 5.63. The van der Waals surface area contributed by atoms with Gasteiger partial charge in [0.1, 0.15) is 5.60 Å².